The minimum Gasteiger partial charge on any atom is -0.376 e. The molecule has 82 valence electrons. The van der Waals surface area contributed by atoms with E-state index in [9.17, 15) is 4.79 Å². The predicted molar refractivity (Wildman–Crippen MR) is 57.4 cm³/mol. The van der Waals surface area contributed by atoms with Gasteiger partial charge in [-0.05, 0) is 18.6 Å². The van der Waals surface area contributed by atoms with Gasteiger partial charge in [0.25, 0.3) is 0 Å². The first kappa shape index (κ1) is 10.8. The maximum Gasteiger partial charge on any atom is 0.236 e. The summed E-state index contributed by atoms with van der Waals surface area (Å²) in [5.41, 5.74) is 0. The van der Waals surface area contributed by atoms with E-state index in [1.54, 1.807) is 16.7 Å². The second-order valence-electron chi connectivity index (χ2n) is 3.75. The lowest BCUT2D eigenvalue weighted by molar-refractivity contribution is -0.137. The molecule has 0 bridgehead atoms. The average Bonchev–Trinajstić information content (AvgIpc) is 2.81. The van der Waals surface area contributed by atoms with Crippen LogP contribution in [0.2, 0.25) is 0 Å². The fourth-order valence-corrected chi connectivity index (χ4v) is 3.16. The molecule has 2 aliphatic heterocycles. The van der Waals surface area contributed by atoms with Gasteiger partial charge in [0.1, 0.15) is 6.04 Å². The summed E-state index contributed by atoms with van der Waals surface area (Å²) in [5.74, 6) is 1.20. The maximum absolute atomic E-state index is 12.1. The van der Waals surface area contributed by atoms with E-state index in [1.807, 2.05) is 0 Å². The van der Waals surface area contributed by atoms with E-state index < -0.39 is 0 Å². The molecular weight excluding hydrogens is 212 g/mol. The Morgan fingerprint density at radius 1 is 1.60 bits per heavy atom. The number of amides is 1. The van der Waals surface area contributed by atoms with Crippen molar-refractivity contribution in [3.63, 3.8) is 0 Å². The van der Waals surface area contributed by atoms with Crippen LogP contribution in [0.1, 0.15) is 12.8 Å². The number of nitriles is 1. The lowest BCUT2D eigenvalue weighted by Gasteiger charge is -2.32. The molecule has 2 rings (SSSR count). The zero-order chi connectivity index (χ0) is 10.7. The predicted octanol–water partition coefficient (Wildman–Crippen LogP) is 0.633. The third kappa shape index (κ3) is 2.27. The van der Waals surface area contributed by atoms with Crippen molar-refractivity contribution in [2.24, 2.45) is 0 Å². The molecular formula is C10H14N2O2S. The number of carbonyl (C=O) groups is 1. The van der Waals surface area contributed by atoms with Gasteiger partial charge in [-0.15, -0.1) is 11.8 Å². The van der Waals surface area contributed by atoms with Crippen molar-refractivity contribution < 1.29 is 9.53 Å². The first-order valence-electron chi connectivity index (χ1n) is 5.22. The van der Waals surface area contributed by atoms with Crippen molar-refractivity contribution in [3.05, 3.63) is 0 Å². The minimum atomic E-state index is -0.382. The molecule has 0 radical (unpaired) electrons. The Bertz CT molecular complexity index is 284. The molecule has 5 heteroatoms. The maximum atomic E-state index is 12.1. The fourth-order valence-electron chi connectivity index (χ4n) is 1.93. The summed E-state index contributed by atoms with van der Waals surface area (Å²) < 4.78 is 5.19. The summed E-state index contributed by atoms with van der Waals surface area (Å²) in [6.45, 7) is 1.48. The highest BCUT2D eigenvalue weighted by molar-refractivity contribution is 8.00. The molecule has 2 heterocycles. The zero-order valence-electron chi connectivity index (χ0n) is 8.52. The van der Waals surface area contributed by atoms with Gasteiger partial charge in [-0.2, -0.15) is 5.26 Å². The molecule has 0 aromatic carbocycles. The Morgan fingerprint density at radius 3 is 3.13 bits per heavy atom. The normalized spacial score (nSPS) is 31.3. The summed E-state index contributed by atoms with van der Waals surface area (Å²) >= 11 is 1.72. The van der Waals surface area contributed by atoms with Crippen LogP contribution in [-0.2, 0) is 9.53 Å². The Balaban J connectivity index is 2.00. The topological polar surface area (TPSA) is 53.3 Å². The number of nitrogens with zero attached hydrogens (tertiary/aromatic N) is 2. The van der Waals surface area contributed by atoms with Crippen LogP contribution in [-0.4, -0.2) is 47.6 Å². The summed E-state index contributed by atoms with van der Waals surface area (Å²) in [7, 11) is 0. The Morgan fingerprint density at radius 2 is 2.47 bits per heavy atom. The van der Waals surface area contributed by atoms with Crippen LogP contribution in [0.5, 0.6) is 0 Å². The van der Waals surface area contributed by atoms with Crippen LogP contribution < -0.4 is 0 Å². The van der Waals surface area contributed by atoms with Gasteiger partial charge in [0.2, 0.25) is 5.91 Å². The van der Waals surface area contributed by atoms with Crippen LogP contribution >= 0.6 is 11.8 Å². The van der Waals surface area contributed by atoms with E-state index in [0.717, 1.165) is 18.6 Å². The van der Waals surface area contributed by atoms with Crippen LogP contribution in [0.25, 0.3) is 0 Å². The molecule has 1 amide bonds. The molecule has 15 heavy (non-hydrogen) atoms. The van der Waals surface area contributed by atoms with Crippen LogP contribution in [0.3, 0.4) is 0 Å². The van der Waals surface area contributed by atoms with E-state index in [1.165, 1.54) is 0 Å². The number of thioether (sulfide) groups is 1. The molecule has 0 N–H and O–H groups in total. The van der Waals surface area contributed by atoms with Gasteiger partial charge in [-0.1, -0.05) is 0 Å². The number of carbonyl (C=O) groups excluding carboxylic acids is 1. The number of rotatable bonds is 1. The average molecular weight is 226 g/mol. The SMILES string of the molecule is N#C[C@H]1COCCN1C(=O)[C@H]1CCCS1. The van der Waals surface area contributed by atoms with Gasteiger partial charge in [0.15, 0.2) is 0 Å². The lowest BCUT2D eigenvalue weighted by atomic mass is 10.2. The van der Waals surface area contributed by atoms with Gasteiger partial charge >= 0.3 is 0 Å². The van der Waals surface area contributed by atoms with E-state index in [2.05, 4.69) is 6.07 Å². The van der Waals surface area contributed by atoms with Gasteiger partial charge < -0.3 is 9.64 Å². The van der Waals surface area contributed by atoms with Gasteiger partial charge in [0, 0.05) is 6.54 Å². The second kappa shape index (κ2) is 4.86. The third-order valence-electron chi connectivity index (χ3n) is 2.77. The molecule has 0 aromatic rings. The van der Waals surface area contributed by atoms with E-state index >= 15 is 0 Å². The first-order valence-corrected chi connectivity index (χ1v) is 6.27. The summed E-state index contributed by atoms with van der Waals surface area (Å²) in [6, 6.07) is 1.75. The van der Waals surface area contributed by atoms with Gasteiger partial charge in [-0.3, -0.25) is 4.79 Å². The molecule has 0 unspecified atom stereocenters. The highest BCUT2D eigenvalue weighted by Crippen LogP contribution is 2.28. The smallest absolute Gasteiger partial charge is 0.236 e. The molecule has 2 atom stereocenters. The van der Waals surface area contributed by atoms with E-state index in [-0.39, 0.29) is 17.2 Å². The molecule has 0 spiro atoms. The molecule has 2 fully saturated rings. The second-order valence-corrected chi connectivity index (χ2v) is 5.06. The van der Waals surface area contributed by atoms with E-state index in [4.69, 9.17) is 10.00 Å². The zero-order valence-corrected chi connectivity index (χ0v) is 9.33. The van der Waals surface area contributed by atoms with Crippen molar-refractivity contribution >= 4 is 17.7 Å². The van der Waals surface area contributed by atoms with Gasteiger partial charge in [0.05, 0.1) is 24.5 Å². The number of hydrogen-bond donors (Lipinski definition) is 0. The highest BCUT2D eigenvalue weighted by Gasteiger charge is 2.33. The first-order chi connectivity index (χ1) is 7.33. The molecule has 0 saturated carbocycles. The molecule has 2 aliphatic rings. The molecule has 0 aliphatic carbocycles. The standard InChI is InChI=1S/C10H14N2O2S/c11-6-8-7-14-4-3-12(8)10(13)9-2-1-5-15-9/h8-9H,1-5,7H2/t8-,9+/m0/s1. The van der Waals surface area contributed by atoms with Crippen LogP contribution in [0, 0.1) is 11.3 Å². The summed E-state index contributed by atoms with van der Waals surface area (Å²) in [6.07, 6.45) is 2.07. The number of ether oxygens (including phenoxy) is 1. The fraction of sp³-hybridized carbons (Fsp3) is 0.800. The molecule has 4 nitrogen and oxygen atoms in total. The van der Waals surface area contributed by atoms with E-state index in [0.29, 0.717) is 19.8 Å². The quantitative estimate of drug-likeness (QED) is 0.658. The largest absolute Gasteiger partial charge is 0.376 e. The van der Waals surface area contributed by atoms with Crippen LogP contribution in [0.15, 0.2) is 0 Å². The Kier molecular flexibility index (Phi) is 3.49. The minimum absolute atomic E-state index is 0.0824. The van der Waals surface area contributed by atoms with Crippen molar-refractivity contribution in [3.8, 4) is 6.07 Å². The van der Waals surface area contributed by atoms with Crippen molar-refractivity contribution in [1.29, 1.82) is 5.26 Å². The van der Waals surface area contributed by atoms with Gasteiger partial charge in [-0.25, -0.2) is 0 Å². The monoisotopic (exact) mass is 226 g/mol. The Hall–Kier alpha value is -0.730. The van der Waals surface area contributed by atoms with Crippen molar-refractivity contribution in [2.75, 3.05) is 25.5 Å². The van der Waals surface area contributed by atoms with Crippen LogP contribution in [0.4, 0.5) is 0 Å². The number of morpholine rings is 1. The third-order valence-corrected chi connectivity index (χ3v) is 4.13. The summed E-state index contributed by atoms with van der Waals surface area (Å²) in [4.78, 5) is 13.8. The van der Waals surface area contributed by atoms with Crippen molar-refractivity contribution in [1.82, 2.24) is 4.90 Å². The highest BCUT2D eigenvalue weighted by atomic mass is 32.2. The number of hydrogen-bond acceptors (Lipinski definition) is 4. The summed E-state index contributed by atoms with van der Waals surface area (Å²) in [5, 5.41) is 9.00. The van der Waals surface area contributed by atoms with Crippen molar-refractivity contribution in [2.45, 2.75) is 24.1 Å². The lowest BCUT2D eigenvalue weighted by Crippen LogP contribution is -2.50. The molecule has 0 aromatic heterocycles. The molecule has 2 saturated heterocycles. The Labute approximate surface area is 93.6 Å².